The normalized spacial score (nSPS) is 49.4. The fraction of sp³-hybridized carbons (Fsp3) is 0.808. The van der Waals surface area contributed by atoms with Gasteiger partial charge in [-0.05, 0) is 73.5 Å². The van der Waals surface area contributed by atoms with Gasteiger partial charge >= 0.3 is 0 Å². The summed E-state index contributed by atoms with van der Waals surface area (Å²) in [5, 5.41) is 0. The Morgan fingerprint density at radius 2 is 1.80 bits per heavy atom. The molecule has 30 heavy (non-hydrogen) atoms. The highest BCUT2D eigenvalue weighted by Gasteiger charge is 2.57. The van der Waals surface area contributed by atoms with Crippen LogP contribution in [0.2, 0.25) is 0 Å². The van der Waals surface area contributed by atoms with Gasteiger partial charge in [-0.1, -0.05) is 45.3 Å². The number of ketones is 1. The number of carbonyl (C=O) groups is 2. The highest BCUT2D eigenvalue weighted by Crippen LogP contribution is 2.64. The van der Waals surface area contributed by atoms with Crippen LogP contribution in [0.25, 0.3) is 0 Å². The van der Waals surface area contributed by atoms with Crippen molar-refractivity contribution in [2.24, 2.45) is 51.1 Å². The van der Waals surface area contributed by atoms with E-state index in [1.165, 1.54) is 32.1 Å². The van der Waals surface area contributed by atoms with E-state index in [0.717, 1.165) is 43.7 Å². The Labute approximate surface area is 181 Å². The third-order valence-corrected chi connectivity index (χ3v) is 10.1. The standard InChI is InChI=1S/C26H38N2O2/c1-25-13-5-7-18(25)16-9-10-20-23(28-21-8-4-3-6-17(21)24(27)30)22(29)12-15-26(20,2)19(16)11-14-25/h9-10,16-21H,3-8,11-15H2,1-2H3,(H2,27,30)/t16-,17?,18-,19-,20?,21?,25-,26+/m0/s1. The molecule has 0 spiro atoms. The van der Waals surface area contributed by atoms with Gasteiger partial charge in [0.05, 0.1) is 17.7 Å². The summed E-state index contributed by atoms with van der Waals surface area (Å²) < 4.78 is 0. The third-order valence-electron chi connectivity index (χ3n) is 10.1. The Morgan fingerprint density at radius 3 is 2.60 bits per heavy atom. The fourth-order valence-corrected chi connectivity index (χ4v) is 8.27. The molecule has 5 aliphatic rings. The molecule has 4 saturated carbocycles. The second kappa shape index (κ2) is 7.31. The largest absolute Gasteiger partial charge is 0.369 e. The Kier molecular flexibility index (Phi) is 4.98. The summed E-state index contributed by atoms with van der Waals surface area (Å²) in [5.74, 6) is 1.98. The van der Waals surface area contributed by atoms with E-state index in [-0.39, 0.29) is 35.0 Å². The number of carbonyl (C=O) groups excluding carboxylic acids is 2. The van der Waals surface area contributed by atoms with Gasteiger partial charge in [-0.3, -0.25) is 14.6 Å². The molecule has 2 N–H and O–H groups in total. The molecule has 4 fully saturated rings. The maximum Gasteiger partial charge on any atom is 0.222 e. The lowest BCUT2D eigenvalue weighted by Crippen LogP contribution is -2.54. The zero-order chi connectivity index (χ0) is 21.1. The van der Waals surface area contributed by atoms with E-state index in [1.54, 1.807) is 0 Å². The van der Waals surface area contributed by atoms with Gasteiger partial charge in [0.1, 0.15) is 0 Å². The topological polar surface area (TPSA) is 72.5 Å². The van der Waals surface area contributed by atoms with Crippen LogP contribution in [0.15, 0.2) is 17.1 Å². The van der Waals surface area contributed by atoms with Crippen LogP contribution in [0.4, 0.5) is 0 Å². The minimum absolute atomic E-state index is 0.104. The number of fused-ring (bicyclic) bond motifs is 5. The molecule has 0 aromatic rings. The van der Waals surface area contributed by atoms with Crippen molar-refractivity contribution in [3.63, 3.8) is 0 Å². The summed E-state index contributed by atoms with van der Waals surface area (Å²) in [5.41, 5.74) is 7.10. The lowest BCUT2D eigenvalue weighted by atomic mass is 9.47. The van der Waals surface area contributed by atoms with E-state index in [4.69, 9.17) is 10.7 Å². The summed E-state index contributed by atoms with van der Waals surface area (Å²) in [6.07, 6.45) is 17.0. The molecule has 1 amide bonds. The second-order valence-corrected chi connectivity index (χ2v) is 11.5. The molecule has 8 atom stereocenters. The van der Waals surface area contributed by atoms with Crippen LogP contribution in [0.5, 0.6) is 0 Å². The molecule has 0 aromatic heterocycles. The van der Waals surface area contributed by atoms with E-state index in [1.807, 2.05) is 0 Å². The number of hydrogen-bond acceptors (Lipinski definition) is 3. The first-order valence-electron chi connectivity index (χ1n) is 12.4. The number of Topliss-reactive ketones (excluding diaryl/α,β-unsaturated/α-hetero) is 1. The van der Waals surface area contributed by atoms with Gasteiger partial charge in [0.25, 0.3) is 0 Å². The molecule has 164 valence electrons. The first kappa shape index (κ1) is 20.5. The van der Waals surface area contributed by atoms with E-state index < -0.39 is 0 Å². The van der Waals surface area contributed by atoms with Crippen molar-refractivity contribution < 1.29 is 9.59 Å². The number of amides is 1. The molecule has 5 rings (SSSR count). The van der Waals surface area contributed by atoms with Crippen molar-refractivity contribution in [3.8, 4) is 0 Å². The fourth-order valence-electron chi connectivity index (χ4n) is 8.27. The van der Waals surface area contributed by atoms with Gasteiger partial charge in [-0.2, -0.15) is 0 Å². The zero-order valence-electron chi connectivity index (χ0n) is 18.7. The molecule has 4 nitrogen and oxygen atoms in total. The Hall–Kier alpha value is -1.45. The zero-order valence-corrected chi connectivity index (χ0v) is 18.7. The quantitative estimate of drug-likeness (QED) is 0.660. The number of nitrogens with zero attached hydrogens (tertiary/aromatic N) is 1. The summed E-state index contributed by atoms with van der Waals surface area (Å²) in [7, 11) is 0. The van der Waals surface area contributed by atoms with Crippen LogP contribution >= 0.6 is 0 Å². The first-order chi connectivity index (χ1) is 14.3. The Morgan fingerprint density at radius 1 is 1.00 bits per heavy atom. The van der Waals surface area contributed by atoms with E-state index >= 15 is 0 Å². The summed E-state index contributed by atoms with van der Waals surface area (Å²) in [6.45, 7) is 4.96. The van der Waals surface area contributed by atoms with Crippen molar-refractivity contribution in [1.29, 1.82) is 0 Å². The first-order valence-corrected chi connectivity index (χ1v) is 12.4. The smallest absolute Gasteiger partial charge is 0.222 e. The number of rotatable bonds is 2. The molecule has 0 radical (unpaired) electrons. The molecule has 4 heteroatoms. The van der Waals surface area contributed by atoms with E-state index in [0.29, 0.717) is 23.7 Å². The van der Waals surface area contributed by atoms with Crippen LogP contribution < -0.4 is 5.73 Å². The van der Waals surface area contributed by atoms with Crippen molar-refractivity contribution in [1.82, 2.24) is 0 Å². The van der Waals surface area contributed by atoms with E-state index in [9.17, 15) is 9.59 Å². The molecular formula is C26H38N2O2. The molecule has 0 heterocycles. The van der Waals surface area contributed by atoms with Gasteiger partial charge in [0.2, 0.25) is 5.91 Å². The molecule has 5 aliphatic carbocycles. The second-order valence-electron chi connectivity index (χ2n) is 11.5. The van der Waals surface area contributed by atoms with Crippen LogP contribution in [0.1, 0.15) is 84.5 Å². The number of primary amides is 1. The predicted molar refractivity (Wildman–Crippen MR) is 119 cm³/mol. The van der Waals surface area contributed by atoms with Gasteiger partial charge in [0.15, 0.2) is 5.78 Å². The number of allylic oxidation sites excluding steroid dienone is 2. The number of aliphatic imine (C=N–C) groups is 1. The minimum Gasteiger partial charge on any atom is -0.369 e. The minimum atomic E-state index is -0.248. The highest BCUT2D eigenvalue weighted by molar-refractivity contribution is 6.41. The average Bonchev–Trinajstić information content (AvgIpc) is 3.12. The molecule has 0 aliphatic heterocycles. The van der Waals surface area contributed by atoms with Gasteiger partial charge in [0, 0.05) is 12.3 Å². The summed E-state index contributed by atoms with van der Waals surface area (Å²) in [4.78, 5) is 30.1. The van der Waals surface area contributed by atoms with Crippen LogP contribution in [-0.2, 0) is 9.59 Å². The molecule has 0 bridgehead atoms. The van der Waals surface area contributed by atoms with Gasteiger partial charge in [-0.15, -0.1) is 0 Å². The SMILES string of the molecule is C[C@@]12CCC[C@H]1[C@@H]1C=CC3C(=NC4CCCCC4C(N)=O)C(=O)CC[C@]3(C)[C@H]1CC2. The maximum atomic E-state index is 13.1. The van der Waals surface area contributed by atoms with Crippen LogP contribution in [0.3, 0.4) is 0 Å². The van der Waals surface area contributed by atoms with Crippen molar-refractivity contribution in [2.75, 3.05) is 0 Å². The lowest BCUT2D eigenvalue weighted by Gasteiger charge is -2.57. The predicted octanol–water partition coefficient (Wildman–Crippen LogP) is 4.86. The average molecular weight is 411 g/mol. The Bertz CT molecular complexity index is 801. The molecule has 3 unspecified atom stereocenters. The summed E-state index contributed by atoms with van der Waals surface area (Å²) in [6, 6.07) is -0.104. The summed E-state index contributed by atoms with van der Waals surface area (Å²) >= 11 is 0. The van der Waals surface area contributed by atoms with Crippen LogP contribution in [0, 0.1) is 40.4 Å². The molecular weight excluding hydrogens is 372 g/mol. The van der Waals surface area contributed by atoms with E-state index in [2.05, 4.69) is 26.0 Å². The lowest BCUT2D eigenvalue weighted by molar-refractivity contribution is -0.123. The van der Waals surface area contributed by atoms with Crippen molar-refractivity contribution in [3.05, 3.63) is 12.2 Å². The van der Waals surface area contributed by atoms with Crippen molar-refractivity contribution in [2.45, 2.75) is 90.5 Å². The number of hydrogen-bond donors (Lipinski definition) is 1. The highest BCUT2D eigenvalue weighted by atomic mass is 16.1. The Balaban J connectivity index is 1.50. The maximum absolute atomic E-state index is 13.1. The number of nitrogens with two attached hydrogens (primary N) is 1. The molecule has 0 aromatic carbocycles. The van der Waals surface area contributed by atoms with Gasteiger partial charge < -0.3 is 5.73 Å². The van der Waals surface area contributed by atoms with Gasteiger partial charge in [-0.25, -0.2) is 0 Å². The third kappa shape index (κ3) is 3.04. The monoisotopic (exact) mass is 410 g/mol. The van der Waals surface area contributed by atoms with Crippen molar-refractivity contribution >= 4 is 17.4 Å². The van der Waals surface area contributed by atoms with Crippen LogP contribution in [-0.4, -0.2) is 23.4 Å². The molecule has 0 saturated heterocycles.